The van der Waals surface area contributed by atoms with Gasteiger partial charge in [-0.1, -0.05) is 12.1 Å². The molecule has 1 heterocycles. The number of alkyl halides is 3. The Morgan fingerprint density at radius 3 is 2.22 bits per heavy atom. The summed E-state index contributed by atoms with van der Waals surface area (Å²) >= 11 is 0. The fourth-order valence-electron chi connectivity index (χ4n) is 2.78. The Hall–Kier alpha value is -3.47. The fraction of sp³-hybridized carbons (Fsp3) is 0.190. The lowest BCUT2D eigenvalue weighted by atomic mass is 10.2. The van der Waals surface area contributed by atoms with Crippen molar-refractivity contribution >= 4 is 21.8 Å². The summed E-state index contributed by atoms with van der Waals surface area (Å²) in [5.41, 5.74) is 0.0451. The number of nitrogens with one attached hydrogen (secondary N) is 1. The van der Waals surface area contributed by atoms with Crippen molar-refractivity contribution in [3.8, 4) is 5.75 Å². The minimum atomic E-state index is -4.47. The average Bonchev–Trinajstić information content (AvgIpc) is 3.21. The van der Waals surface area contributed by atoms with E-state index in [1.165, 1.54) is 35.4 Å². The normalized spacial score (nSPS) is 11.8. The van der Waals surface area contributed by atoms with Crippen molar-refractivity contribution in [3.63, 3.8) is 0 Å². The van der Waals surface area contributed by atoms with Crippen LogP contribution >= 0.6 is 0 Å². The molecule has 3 aromatic rings. The number of amides is 2. The van der Waals surface area contributed by atoms with Crippen LogP contribution in [0, 0.1) is 0 Å². The number of anilines is 1. The van der Waals surface area contributed by atoms with Gasteiger partial charge in [0.1, 0.15) is 11.5 Å². The smallest absolute Gasteiger partial charge is 0.416 e. The van der Waals surface area contributed by atoms with E-state index in [1.807, 2.05) is 0 Å². The zero-order valence-corrected chi connectivity index (χ0v) is 17.6. The number of furan rings is 1. The molecule has 0 aliphatic heterocycles. The standard InChI is InChI=1S/C21H19F3N2O5S/c1-32(28,29)31-18-10-4-15(5-11-18)13-26(14-19-3-2-12-30-19)20(27)25-17-8-6-16(7-9-17)21(22,23)24/h2-12H,13-14H2,1H3,(H,25,27). The monoisotopic (exact) mass is 468 g/mol. The van der Waals surface area contributed by atoms with Crippen LogP contribution in [-0.2, 0) is 29.4 Å². The van der Waals surface area contributed by atoms with Crippen molar-refractivity contribution in [2.75, 3.05) is 11.6 Å². The van der Waals surface area contributed by atoms with E-state index in [9.17, 15) is 26.4 Å². The first kappa shape index (κ1) is 23.2. The van der Waals surface area contributed by atoms with Gasteiger partial charge in [0.25, 0.3) is 0 Å². The molecule has 0 aliphatic rings. The predicted octanol–water partition coefficient (Wildman–Crippen LogP) is 4.87. The lowest BCUT2D eigenvalue weighted by Gasteiger charge is -2.22. The second-order valence-electron chi connectivity index (χ2n) is 6.87. The molecule has 11 heteroatoms. The van der Waals surface area contributed by atoms with Crippen LogP contribution in [-0.4, -0.2) is 25.6 Å². The molecule has 0 radical (unpaired) electrons. The molecule has 2 amide bonds. The summed E-state index contributed by atoms with van der Waals surface area (Å²) in [5, 5.41) is 2.57. The Balaban J connectivity index is 1.74. The maximum absolute atomic E-state index is 12.8. The molecular formula is C21H19F3N2O5S. The summed E-state index contributed by atoms with van der Waals surface area (Å²) in [7, 11) is -3.67. The minimum Gasteiger partial charge on any atom is -0.467 e. The van der Waals surface area contributed by atoms with Gasteiger partial charge in [0, 0.05) is 12.2 Å². The summed E-state index contributed by atoms with van der Waals surface area (Å²) in [5.74, 6) is 0.632. The number of nitrogens with zero attached hydrogens (tertiary/aromatic N) is 1. The van der Waals surface area contributed by atoms with Gasteiger partial charge in [-0.3, -0.25) is 0 Å². The van der Waals surface area contributed by atoms with Gasteiger partial charge in [-0.2, -0.15) is 21.6 Å². The zero-order valence-electron chi connectivity index (χ0n) is 16.8. The summed E-state index contributed by atoms with van der Waals surface area (Å²) in [4.78, 5) is 14.2. The molecule has 3 rings (SSSR count). The zero-order chi connectivity index (χ0) is 23.4. The van der Waals surface area contributed by atoms with Gasteiger partial charge in [-0.25, -0.2) is 4.79 Å². The Bertz CT molecular complexity index is 1140. The highest BCUT2D eigenvalue weighted by atomic mass is 32.2. The highest BCUT2D eigenvalue weighted by Gasteiger charge is 2.30. The number of urea groups is 1. The average molecular weight is 468 g/mol. The van der Waals surface area contributed by atoms with Crippen molar-refractivity contribution in [2.24, 2.45) is 0 Å². The summed E-state index contributed by atoms with van der Waals surface area (Å²) in [6, 6.07) is 13.0. The molecule has 32 heavy (non-hydrogen) atoms. The van der Waals surface area contributed by atoms with E-state index in [2.05, 4.69) is 5.32 Å². The highest BCUT2D eigenvalue weighted by molar-refractivity contribution is 7.86. The molecule has 0 unspecified atom stereocenters. The second kappa shape index (κ2) is 9.35. The Kier molecular flexibility index (Phi) is 6.78. The molecule has 1 aromatic heterocycles. The number of hydrogen-bond donors (Lipinski definition) is 1. The summed E-state index contributed by atoms with van der Waals surface area (Å²) in [6.07, 6.45) is -2.09. The molecule has 0 bridgehead atoms. The van der Waals surface area contributed by atoms with Gasteiger partial charge in [0.15, 0.2) is 0 Å². The highest BCUT2D eigenvalue weighted by Crippen LogP contribution is 2.30. The van der Waals surface area contributed by atoms with Crippen LogP contribution in [0.4, 0.5) is 23.7 Å². The van der Waals surface area contributed by atoms with Crippen molar-refractivity contribution < 1.29 is 35.0 Å². The van der Waals surface area contributed by atoms with E-state index >= 15 is 0 Å². The molecule has 170 valence electrons. The van der Waals surface area contributed by atoms with Crippen LogP contribution < -0.4 is 9.50 Å². The van der Waals surface area contributed by atoms with E-state index in [0.717, 1.165) is 18.4 Å². The van der Waals surface area contributed by atoms with Crippen LogP contribution in [0.3, 0.4) is 0 Å². The maximum atomic E-state index is 12.8. The topological polar surface area (TPSA) is 88.9 Å². The predicted molar refractivity (Wildman–Crippen MR) is 110 cm³/mol. The van der Waals surface area contributed by atoms with Crippen molar-refractivity contribution in [2.45, 2.75) is 19.3 Å². The molecule has 0 saturated heterocycles. The van der Waals surface area contributed by atoms with Crippen molar-refractivity contribution in [3.05, 3.63) is 83.8 Å². The lowest BCUT2D eigenvalue weighted by molar-refractivity contribution is -0.137. The van der Waals surface area contributed by atoms with E-state index in [-0.39, 0.29) is 24.5 Å². The molecule has 0 saturated carbocycles. The molecule has 2 aromatic carbocycles. The van der Waals surface area contributed by atoms with E-state index in [0.29, 0.717) is 11.3 Å². The summed E-state index contributed by atoms with van der Waals surface area (Å²) < 4.78 is 70.7. The van der Waals surface area contributed by atoms with Gasteiger partial charge in [-0.15, -0.1) is 0 Å². The van der Waals surface area contributed by atoms with Crippen LogP contribution in [0.5, 0.6) is 5.75 Å². The molecule has 0 aliphatic carbocycles. The van der Waals surface area contributed by atoms with Crippen LogP contribution in [0.1, 0.15) is 16.9 Å². The number of carbonyl (C=O) groups is 1. The minimum absolute atomic E-state index is 0.0983. The summed E-state index contributed by atoms with van der Waals surface area (Å²) in [6.45, 7) is 0.216. The molecule has 0 spiro atoms. The third-order valence-corrected chi connectivity index (χ3v) is 4.72. The molecule has 7 nitrogen and oxygen atoms in total. The van der Waals surface area contributed by atoms with Crippen LogP contribution in [0.25, 0.3) is 0 Å². The Morgan fingerprint density at radius 1 is 1.03 bits per heavy atom. The number of hydrogen-bond acceptors (Lipinski definition) is 5. The second-order valence-corrected chi connectivity index (χ2v) is 8.45. The molecule has 1 N–H and O–H groups in total. The first-order valence-electron chi connectivity index (χ1n) is 9.23. The first-order chi connectivity index (χ1) is 15.0. The van der Waals surface area contributed by atoms with Crippen molar-refractivity contribution in [1.29, 1.82) is 0 Å². The molecular weight excluding hydrogens is 449 g/mol. The third kappa shape index (κ3) is 6.77. The quantitative estimate of drug-likeness (QED) is 0.500. The van der Waals surface area contributed by atoms with Crippen LogP contribution in [0.2, 0.25) is 0 Å². The Morgan fingerprint density at radius 2 is 1.69 bits per heavy atom. The number of rotatable bonds is 7. The van der Waals surface area contributed by atoms with Crippen molar-refractivity contribution in [1.82, 2.24) is 4.90 Å². The van der Waals surface area contributed by atoms with E-state index < -0.39 is 27.9 Å². The van der Waals surface area contributed by atoms with Gasteiger partial charge < -0.3 is 18.8 Å². The van der Waals surface area contributed by atoms with E-state index in [1.54, 1.807) is 24.3 Å². The molecule has 0 fully saturated rings. The number of carbonyl (C=O) groups excluding carboxylic acids is 1. The van der Waals surface area contributed by atoms with Gasteiger partial charge in [0.2, 0.25) is 0 Å². The first-order valence-corrected chi connectivity index (χ1v) is 11.1. The van der Waals surface area contributed by atoms with Gasteiger partial charge in [-0.05, 0) is 54.1 Å². The van der Waals surface area contributed by atoms with Gasteiger partial charge >= 0.3 is 22.3 Å². The SMILES string of the molecule is CS(=O)(=O)Oc1ccc(CN(Cc2ccco2)C(=O)Nc2ccc(C(F)(F)F)cc2)cc1. The molecule has 0 atom stereocenters. The largest absolute Gasteiger partial charge is 0.467 e. The Labute approximate surface area is 182 Å². The number of halogens is 3. The van der Waals surface area contributed by atoms with Crippen LogP contribution in [0.15, 0.2) is 71.3 Å². The third-order valence-electron chi connectivity index (χ3n) is 4.22. The number of benzene rings is 2. The van der Waals surface area contributed by atoms with E-state index in [4.69, 9.17) is 8.60 Å². The lowest BCUT2D eigenvalue weighted by Crippen LogP contribution is -2.34. The van der Waals surface area contributed by atoms with Gasteiger partial charge in [0.05, 0.1) is 24.6 Å². The fourth-order valence-corrected chi connectivity index (χ4v) is 3.24. The maximum Gasteiger partial charge on any atom is 0.416 e.